The second-order valence-electron chi connectivity index (χ2n) is 6.75. The Morgan fingerprint density at radius 2 is 1.92 bits per heavy atom. The fourth-order valence-electron chi connectivity index (χ4n) is 3.58. The predicted octanol–water partition coefficient (Wildman–Crippen LogP) is 4.90. The van der Waals surface area contributed by atoms with E-state index in [0.717, 1.165) is 29.5 Å². The highest BCUT2D eigenvalue weighted by molar-refractivity contribution is 6.02. The van der Waals surface area contributed by atoms with E-state index in [0.29, 0.717) is 22.7 Å². The van der Waals surface area contributed by atoms with E-state index in [-0.39, 0.29) is 11.7 Å². The molecule has 2 aromatic rings. The van der Waals surface area contributed by atoms with Gasteiger partial charge < -0.3 is 11.5 Å². The Labute approximate surface area is 153 Å². The zero-order valence-corrected chi connectivity index (χ0v) is 15.1. The molecule has 3 rings (SSSR count). The monoisotopic (exact) mass is 349 g/mol. The standard InChI is InChI=1S/C22H24FN3/c1-3-14-5-4-6-17(15-7-9-18(22(25)26)20(24)12-15)21(14)16-8-10-19(23)13(2)11-16/h4,6-12,14H,3,5,24H2,1-2H3,(H3,25,26). The van der Waals surface area contributed by atoms with E-state index in [4.69, 9.17) is 16.9 Å². The lowest BCUT2D eigenvalue weighted by atomic mass is 9.79. The van der Waals surface area contributed by atoms with Crippen LogP contribution in [0.25, 0.3) is 11.1 Å². The van der Waals surface area contributed by atoms with Crippen LogP contribution in [0.1, 0.15) is 42.0 Å². The summed E-state index contributed by atoms with van der Waals surface area (Å²) in [6.45, 7) is 3.96. The lowest BCUT2D eigenvalue weighted by Crippen LogP contribution is -2.14. The summed E-state index contributed by atoms with van der Waals surface area (Å²) in [4.78, 5) is 0. The zero-order valence-electron chi connectivity index (χ0n) is 15.1. The van der Waals surface area contributed by atoms with E-state index < -0.39 is 0 Å². The molecule has 26 heavy (non-hydrogen) atoms. The third-order valence-electron chi connectivity index (χ3n) is 5.02. The average molecular weight is 349 g/mol. The van der Waals surface area contributed by atoms with Crippen molar-refractivity contribution in [3.63, 3.8) is 0 Å². The Bertz CT molecular complexity index is 925. The van der Waals surface area contributed by atoms with Gasteiger partial charge in [0.2, 0.25) is 0 Å². The number of anilines is 1. The predicted molar refractivity (Wildman–Crippen MR) is 107 cm³/mol. The van der Waals surface area contributed by atoms with E-state index in [1.807, 2.05) is 24.3 Å². The second-order valence-corrected chi connectivity index (χ2v) is 6.75. The van der Waals surface area contributed by atoms with Crippen molar-refractivity contribution in [1.82, 2.24) is 0 Å². The SMILES string of the molecule is CCC1CC=CC(c2ccc(C(=N)N)c(N)c2)=C1c1ccc(F)c(C)c1. The van der Waals surface area contributed by atoms with Crippen LogP contribution in [0.4, 0.5) is 10.1 Å². The Balaban J connectivity index is 2.20. The number of halogens is 1. The van der Waals surface area contributed by atoms with E-state index in [1.54, 1.807) is 13.0 Å². The first kappa shape index (κ1) is 17.9. The molecule has 0 spiro atoms. The number of hydrogen-bond donors (Lipinski definition) is 3. The van der Waals surface area contributed by atoms with Crippen LogP contribution in [0.5, 0.6) is 0 Å². The third-order valence-corrected chi connectivity index (χ3v) is 5.02. The summed E-state index contributed by atoms with van der Waals surface area (Å²) in [6, 6.07) is 10.9. The van der Waals surface area contributed by atoms with Crippen LogP contribution >= 0.6 is 0 Å². The van der Waals surface area contributed by atoms with Crippen LogP contribution in [0, 0.1) is 24.1 Å². The molecule has 0 saturated carbocycles. The molecule has 0 heterocycles. The molecule has 0 aliphatic heterocycles. The highest BCUT2D eigenvalue weighted by Crippen LogP contribution is 2.40. The Hall–Kier alpha value is -2.88. The van der Waals surface area contributed by atoms with Crippen molar-refractivity contribution in [2.75, 3.05) is 5.73 Å². The van der Waals surface area contributed by atoms with Crippen molar-refractivity contribution in [3.8, 4) is 0 Å². The van der Waals surface area contributed by atoms with Crippen LogP contribution < -0.4 is 11.5 Å². The smallest absolute Gasteiger partial charge is 0.126 e. The van der Waals surface area contributed by atoms with Gasteiger partial charge in [0.25, 0.3) is 0 Å². The third kappa shape index (κ3) is 3.27. The molecule has 0 amide bonds. The lowest BCUT2D eigenvalue weighted by molar-refractivity contribution is 0.617. The number of amidine groups is 1. The Morgan fingerprint density at radius 1 is 1.19 bits per heavy atom. The van der Waals surface area contributed by atoms with E-state index in [2.05, 4.69) is 19.1 Å². The molecular formula is C22H24FN3. The Kier molecular flexibility index (Phi) is 4.94. The van der Waals surface area contributed by atoms with Gasteiger partial charge in [0.15, 0.2) is 0 Å². The number of benzene rings is 2. The van der Waals surface area contributed by atoms with Gasteiger partial charge in [-0.05, 0) is 77.8 Å². The molecule has 4 heteroatoms. The normalized spacial score (nSPS) is 16.8. The van der Waals surface area contributed by atoms with Gasteiger partial charge in [-0.1, -0.05) is 31.2 Å². The number of allylic oxidation sites excluding steroid dienone is 4. The number of hydrogen-bond acceptors (Lipinski definition) is 2. The fraction of sp³-hybridized carbons (Fsp3) is 0.227. The summed E-state index contributed by atoms with van der Waals surface area (Å²) in [5.74, 6) is 0.141. The zero-order chi connectivity index (χ0) is 18.8. The van der Waals surface area contributed by atoms with Crippen LogP contribution in [0.2, 0.25) is 0 Å². The molecule has 1 aliphatic rings. The van der Waals surface area contributed by atoms with Gasteiger partial charge in [-0.25, -0.2) is 4.39 Å². The quantitative estimate of drug-likeness (QED) is 0.417. The van der Waals surface area contributed by atoms with Gasteiger partial charge in [-0.2, -0.15) is 0 Å². The number of aryl methyl sites for hydroxylation is 1. The fourth-order valence-corrected chi connectivity index (χ4v) is 3.58. The second kappa shape index (κ2) is 7.16. The first-order valence-electron chi connectivity index (χ1n) is 8.83. The van der Waals surface area contributed by atoms with Gasteiger partial charge in [0, 0.05) is 11.3 Å². The summed E-state index contributed by atoms with van der Waals surface area (Å²) in [5, 5.41) is 7.61. The lowest BCUT2D eigenvalue weighted by Gasteiger charge is -2.26. The number of nitrogens with one attached hydrogen (secondary N) is 1. The van der Waals surface area contributed by atoms with Crippen LogP contribution in [-0.4, -0.2) is 5.84 Å². The molecule has 1 aliphatic carbocycles. The largest absolute Gasteiger partial charge is 0.398 e. The highest BCUT2D eigenvalue weighted by atomic mass is 19.1. The topological polar surface area (TPSA) is 75.9 Å². The van der Waals surface area contributed by atoms with Crippen molar-refractivity contribution < 1.29 is 4.39 Å². The van der Waals surface area contributed by atoms with Crippen LogP contribution in [-0.2, 0) is 0 Å². The van der Waals surface area contributed by atoms with Gasteiger partial charge in [-0.15, -0.1) is 0 Å². The van der Waals surface area contributed by atoms with Crippen molar-refractivity contribution in [3.05, 3.63) is 76.6 Å². The van der Waals surface area contributed by atoms with Gasteiger partial charge in [-0.3, -0.25) is 5.41 Å². The van der Waals surface area contributed by atoms with Crippen molar-refractivity contribution >= 4 is 22.7 Å². The van der Waals surface area contributed by atoms with E-state index in [1.165, 1.54) is 11.6 Å². The van der Waals surface area contributed by atoms with Gasteiger partial charge >= 0.3 is 0 Å². The molecule has 0 radical (unpaired) electrons. The molecule has 1 unspecified atom stereocenters. The molecule has 5 N–H and O–H groups in total. The minimum Gasteiger partial charge on any atom is -0.398 e. The Morgan fingerprint density at radius 3 is 2.54 bits per heavy atom. The van der Waals surface area contributed by atoms with Gasteiger partial charge in [0.1, 0.15) is 11.7 Å². The first-order valence-corrected chi connectivity index (χ1v) is 8.83. The molecule has 0 bridgehead atoms. The number of nitrogens with two attached hydrogens (primary N) is 2. The summed E-state index contributed by atoms with van der Waals surface area (Å²) in [6.07, 6.45) is 6.26. The van der Waals surface area contributed by atoms with E-state index >= 15 is 0 Å². The molecule has 134 valence electrons. The van der Waals surface area contributed by atoms with Crippen molar-refractivity contribution in [2.24, 2.45) is 11.7 Å². The molecule has 0 fully saturated rings. The molecule has 2 aromatic carbocycles. The van der Waals surface area contributed by atoms with Gasteiger partial charge in [0.05, 0.1) is 0 Å². The molecular weight excluding hydrogens is 325 g/mol. The number of nitrogen functional groups attached to an aromatic ring is 2. The minimum atomic E-state index is -0.189. The summed E-state index contributed by atoms with van der Waals surface area (Å²) in [5.41, 5.74) is 17.7. The summed E-state index contributed by atoms with van der Waals surface area (Å²) < 4.78 is 13.8. The van der Waals surface area contributed by atoms with Crippen molar-refractivity contribution in [2.45, 2.75) is 26.7 Å². The van der Waals surface area contributed by atoms with E-state index in [9.17, 15) is 4.39 Å². The molecule has 3 nitrogen and oxygen atoms in total. The highest BCUT2D eigenvalue weighted by Gasteiger charge is 2.22. The molecule has 0 saturated heterocycles. The maximum atomic E-state index is 13.8. The molecule has 0 aromatic heterocycles. The summed E-state index contributed by atoms with van der Waals surface area (Å²) >= 11 is 0. The first-order chi connectivity index (χ1) is 12.4. The average Bonchev–Trinajstić information content (AvgIpc) is 2.63. The van der Waals surface area contributed by atoms with Crippen LogP contribution in [0.3, 0.4) is 0 Å². The van der Waals surface area contributed by atoms with Crippen LogP contribution in [0.15, 0.2) is 48.6 Å². The molecule has 1 atom stereocenters. The maximum Gasteiger partial charge on any atom is 0.126 e. The maximum absolute atomic E-state index is 13.8. The number of rotatable bonds is 4. The van der Waals surface area contributed by atoms with Crippen molar-refractivity contribution in [1.29, 1.82) is 5.41 Å². The summed E-state index contributed by atoms with van der Waals surface area (Å²) in [7, 11) is 0. The minimum absolute atomic E-state index is 0.0389.